The number of para-hydroxylation sites is 1. The number of rotatable bonds is 6. The van der Waals surface area contributed by atoms with Crippen LogP contribution in [0.2, 0.25) is 0 Å². The second-order valence-corrected chi connectivity index (χ2v) is 7.53. The second kappa shape index (κ2) is 11.2. The lowest BCUT2D eigenvalue weighted by Gasteiger charge is -2.16. The Balaban J connectivity index is 0.000000413. The van der Waals surface area contributed by atoms with Crippen LogP contribution in [-0.4, -0.2) is 55.3 Å². The van der Waals surface area contributed by atoms with Crippen molar-refractivity contribution in [2.75, 3.05) is 20.8 Å². The number of ether oxygens (including phenoxy) is 3. The number of nitrogens with zero attached hydrogens (tertiary/aromatic N) is 7. The van der Waals surface area contributed by atoms with E-state index in [1.54, 1.807) is 38.9 Å². The zero-order chi connectivity index (χ0) is 25.5. The lowest BCUT2D eigenvalue weighted by atomic mass is 10.2. The summed E-state index contributed by atoms with van der Waals surface area (Å²) in [7, 11) is 3.23. The molecule has 0 radical (unpaired) electrons. The van der Waals surface area contributed by atoms with E-state index < -0.39 is 0 Å². The van der Waals surface area contributed by atoms with E-state index in [0.717, 1.165) is 11.5 Å². The fraction of sp³-hybridized carbons (Fsp3) is 0.231. The third kappa shape index (κ3) is 5.22. The number of imidazole rings is 1. The summed E-state index contributed by atoms with van der Waals surface area (Å²) in [6, 6.07) is 12.9. The maximum Gasteiger partial charge on any atom is 0.213 e. The normalized spacial score (nSPS) is 10.5. The SMILES string of the molecule is CCOc1cccc(-c2nc3ncc(C)nc3n2-c2c(OC)cccc2OC)n1.Cc1ncccn1.[HH]. The van der Waals surface area contributed by atoms with Crippen molar-refractivity contribution < 1.29 is 15.6 Å². The van der Waals surface area contributed by atoms with Gasteiger partial charge in [-0.2, -0.15) is 0 Å². The molecule has 5 rings (SSSR count). The van der Waals surface area contributed by atoms with E-state index in [1.165, 1.54) is 0 Å². The first-order chi connectivity index (χ1) is 17.5. The number of hydrogen-bond donors (Lipinski definition) is 0. The predicted octanol–water partition coefficient (Wildman–Crippen LogP) is 4.63. The molecule has 4 heterocycles. The maximum absolute atomic E-state index is 5.62. The van der Waals surface area contributed by atoms with Crippen molar-refractivity contribution >= 4 is 11.3 Å². The molecule has 0 aliphatic carbocycles. The van der Waals surface area contributed by atoms with E-state index in [1.807, 2.05) is 61.7 Å². The van der Waals surface area contributed by atoms with E-state index in [4.69, 9.17) is 19.2 Å². The molecule has 0 bridgehead atoms. The van der Waals surface area contributed by atoms with Crippen molar-refractivity contribution in [3.05, 3.63) is 72.6 Å². The minimum Gasteiger partial charge on any atom is -0.494 e. The highest BCUT2D eigenvalue weighted by atomic mass is 16.5. The molecular weight excluding hydrogens is 458 g/mol. The third-order valence-electron chi connectivity index (χ3n) is 5.06. The van der Waals surface area contributed by atoms with Crippen LogP contribution in [0.5, 0.6) is 17.4 Å². The molecule has 10 nitrogen and oxygen atoms in total. The molecule has 0 aliphatic heterocycles. The van der Waals surface area contributed by atoms with Gasteiger partial charge in [-0.1, -0.05) is 12.1 Å². The van der Waals surface area contributed by atoms with Gasteiger partial charge in [0.15, 0.2) is 17.1 Å². The molecule has 0 fully saturated rings. The Labute approximate surface area is 210 Å². The average Bonchev–Trinajstić information content (AvgIpc) is 3.27. The molecular formula is C26H29N7O3. The molecule has 0 atom stereocenters. The number of hydrogen-bond acceptors (Lipinski definition) is 9. The minimum absolute atomic E-state index is 0. The molecule has 36 heavy (non-hydrogen) atoms. The molecule has 0 amide bonds. The fourth-order valence-corrected chi connectivity index (χ4v) is 3.51. The highest BCUT2D eigenvalue weighted by Crippen LogP contribution is 2.37. The summed E-state index contributed by atoms with van der Waals surface area (Å²) in [4.78, 5) is 26.2. The Kier molecular flexibility index (Phi) is 7.64. The van der Waals surface area contributed by atoms with Crippen LogP contribution in [0.4, 0.5) is 0 Å². The molecule has 0 N–H and O–H groups in total. The minimum atomic E-state index is 0. The summed E-state index contributed by atoms with van der Waals surface area (Å²) >= 11 is 0. The summed E-state index contributed by atoms with van der Waals surface area (Å²) < 4.78 is 18.7. The summed E-state index contributed by atoms with van der Waals surface area (Å²) in [6.45, 7) is 6.19. The van der Waals surface area contributed by atoms with E-state index in [-0.39, 0.29) is 1.43 Å². The van der Waals surface area contributed by atoms with Crippen LogP contribution in [-0.2, 0) is 0 Å². The van der Waals surface area contributed by atoms with Gasteiger partial charge < -0.3 is 14.2 Å². The van der Waals surface area contributed by atoms with Gasteiger partial charge in [-0.05, 0) is 45.0 Å². The first-order valence-electron chi connectivity index (χ1n) is 11.3. The smallest absolute Gasteiger partial charge is 0.213 e. The maximum atomic E-state index is 5.62. The quantitative estimate of drug-likeness (QED) is 0.338. The molecule has 0 saturated heterocycles. The predicted molar refractivity (Wildman–Crippen MR) is 138 cm³/mol. The van der Waals surface area contributed by atoms with Gasteiger partial charge in [-0.25, -0.2) is 29.9 Å². The number of benzene rings is 1. The van der Waals surface area contributed by atoms with E-state index in [9.17, 15) is 0 Å². The van der Waals surface area contributed by atoms with Crippen molar-refractivity contribution in [1.29, 1.82) is 0 Å². The Morgan fingerprint density at radius 1 is 0.833 bits per heavy atom. The van der Waals surface area contributed by atoms with Crippen LogP contribution in [0.3, 0.4) is 0 Å². The molecule has 1 aromatic carbocycles. The lowest BCUT2D eigenvalue weighted by Crippen LogP contribution is -2.05. The molecule has 0 spiro atoms. The molecule has 0 saturated carbocycles. The highest BCUT2D eigenvalue weighted by Gasteiger charge is 2.23. The summed E-state index contributed by atoms with van der Waals surface area (Å²) in [5, 5.41) is 0. The number of aryl methyl sites for hydroxylation is 2. The monoisotopic (exact) mass is 487 g/mol. The Hall–Kier alpha value is -4.60. The van der Waals surface area contributed by atoms with Crippen LogP contribution in [0.25, 0.3) is 28.5 Å². The molecule has 5 aromatic rings. The highest BCUT2D eigenvalue weighted by molar-refractivity contribution is 5.79. The van der Waals surface area contributed by atoms with Gasteiger partial charge in [0.2, 0.25) is 5.88 Å². The van der Waals surface area contributed by atoms with E-state index >= 15 is 0 Å². The van der Waals surface area contributed by atoms with Gasteiger partial charge in [-0.15, -0.1) is 0 Å². The number of fused-ring (bicyclic) bond motifs is 1. The van der Waals surface area contributed by atoms with Crippen molar-refractivity contribution in [3.63, 3.8) is 0 Å². The van der Waals surface area contributed by atoms with Gasteiger partial charge in [0.1, 0.15) is 28.7 Å². The van der Waals surface area contributed by atoms with Crippen molar-refractivity contribution in [3.8, 4) is 34.6 Å². The average molecular weight is 488 g/mol. The van der Waals surface area contributed by atoms with Crippen LogP contribution < -0.4 is 14.2 Å². The summed E-state index contributed by atoms with van der Waals surface area (Å²) in [5.41, 5.74) is 3.17. The Morgan fingerprint density at radius 3 is 2.14 bits per heavy atom. The Bertz CT molecular complexity index is 1440. The summed E-state index contributed by atoms with van der Waals surface area (Å²) in [6.07, 6.45) is 5.14. The summed E-state index contributed by atoms with van der Waals surface area (Å²) in [5.74, 6) is 3.15. The first kappa shape index (κ1) is 24.5. The molecule has 186 valence electrons. The Morgan fingerprint density at radius 2 is 1.53 bits per heavy atom. The third-order valence-corrected chi connectivity index (χ3v) is 5.06. The van der Waals surface area contributed by atoms with Crippen LogP contribution in [0.1, 0.15) is 19.9 Å². The second-order valence-electron chi connectivity index (χ2n) is 7.53. The molecule has 10 heteroatoms. The fourth-order valence-electron chi connectivity index (χ4n) is 3.51. The van der Waals surface area contributed by atoms with E-state index in [2.05, 4.69) is 24.9 Å². The lowest BCUT2D eigenvalue weighted by molar-refractivity contribution is 0.327. The zero-order valence-corrected chi connectivity index (χ0v) is 20.8. The zero-order valence-electron chi connectivity index (χ0n) is 20.8. The van der Waals surface area contributed by atoms with Crippen molar-refractivity contribution in [1.82, 2.24) is 34.5 Å². The number of aromatic nitrogens is 7. The van der Waals surface area contributed by atoms with Crippen LogP contribution in [0.15, 0.2) is 61.1 Å². The van der Waals surface area contributed by atoms with Gasteiger partial charge in [0.05, 0.1) is 32.7 Å². The van der Waals surface area contributed by atoms with Crippen LogP contribution in [0, 0.1) is 13.8 Å². The van der Waals surface area contributed by atoms with Gasteiger partial charge in [0.25, 0.3) is 0 Å². The molecule has 4 aromatic heterocycles. The van der Waals surface area contributed by atoms with Crippen molar-refractivity contribution in [2.45, 2.75) is 20.8 Å². The van der Waals surface area contributed by atoms with Gasteiger partial charge in [0, 0.05) is 19.9 Å². The largest absolute Gasteiger partial charge is 0.494 e. The van der Waals surface area contributed by atoms with E-state index in [0.29, 0.717) is 52.5 Å². The standard InChI is InChI=1S/C21H21N5O3.C5H6N2.H2/c1-5-29-17-11-6-8-14(24-17)20-25-19-21(23-13(2)12-22-19)26(20)18-15(27-3)9-7-10-16(18)28-4;1-5-6-3-2-4-7-5;/h6-12H,5H2,1-4H3;2-4H,1H3;1H. The van der Waals surface area contributed by atoms with Crippen molar-refractivity contribution in [2.24, 2.45) is 0 Å². The van der Waals surface area contributed by atoms with Gasteiger partial charge >= 0.3 is 0 Å². The van der Waals surface area contributed by atoms with Crippen LogP contribution >= 0.6 is 0 Å². The van der Waals surface area contributed by atoms with Gasteiger partial charge in [-0.3, -0.25) is 4.57 Å². The molecule has 0 unspecified atom stereocenters. The first-order valence-corrected chi connectivity index (χ1v) is 11.3. The number of methoxy groups -OCH3 is 2. The number of pyridine rings is 1. The molecule has 0 aliphatic rings. The topological polar surface area (TPSA) is 110 Å².